The van der Waals surface area contributed by atoms with Gasteiger partial charge in [-0.1, -0.05) is 29.7 Å². The highest BCUT2D eigenvalue weighted by molar-refractivity contribution is 6.30. The molecular weight excluding hydrogens is 270 g/mol. The van der Waals surface area contributed by atoms with Crippen LogP contribution in [0.15, 0.2) is 29.4 Å². The second kappa shape index (κ2) is 7.48. The molecule has 0 radical (unpaired) electrons. The molecule has 0 saturated carbocycles. The molecule has 104 valence electrons. The molecule has 0 aliphatic heterocycles. The van der Waals surface area contributed by atoms with Crippen LogP contribution in [0.5, 0.6) is 5.75 Å². The number of carbonyl (C=O) groups is 1. The van der Waals surface area contributed by atoms with Crippen molar-refractivity contribution in [2.24, 2.45) is 16.8 Å². The van der Waals surface area contributed by atoms with Gasteiger partial charge in [-0.15, -0.1) is 0 Å². The Kier molecular flexibility index (Phi) is 5.95. The number of halogens is 1. The number of nitrogens with two attached hydrogens (primary N) is 1. The predicted molar refractivity (Wildman–Crippen MR) is 72.5 cm³/mol. The lowest BCUT2D eigenvalue weighted by Gasteiger charge is -2.11. The van der Waals surface area contributed by atoms with Gasteiger partial charge in [-0.25, -0.2) is 0 Å². The van der Waals surface area contributed by atoms with Crippen molar-refractivity contribution in [3.05, 3.63) is 29.3 Å². The molecular formula is C12H16ClN3O3. The number of amidine groups is 1. The number of nitrogens with one attached hydrogen (secondary N) is 1. The van der Waals surface area contributed by atoms with Crippen molar-refractivity contribution in [3.63, 3.8) is 0 Å². The summed E-state index contributed by atoms with van der Waals surface area (Å²) in [5, 5.41) is 14.5. The van der Waals surface area contributed by atoms with Crippen LogP contribution < -0.4 is 15.8 Å². The summed E-state index contributed by atoms with van der Waals surface area (Å²) in [7, 11) is 0. The van der Waals surface area contributed by atoms with Crippen molar-refractivity contribution in [3.8, 4) is 5.75 Å². The summed E-state index contributed by atoms with van der Waals surface area (Å²) in [6.07, 6.45) is 0. The fourth-order valence-corrected chi connectivity index (χ4v) is 1.41. The molecule has 1 atom stereocenters. The van der Waals surface area contributed by atoms with Crippen molar-refractivity contribution in [2.75, 3.05) is 13.2 Å². The molecule has 0 aliphatic carbocycles. The van der Waals surface area contributed by atoms with E-state index in [9.17, 15) is 4.79 Å². The lowest BCUT2D eigenvalue weighted by molar-refractivity contribution is -0.123. The molecule has 1 amide bonds. The van der Waals surface area contributed by atoms with Gasteiger partial charge in [0, 0.05) is 17.5 Å². The van der Waals surface area contributed by atoms with Crippen LogP contribution >= 0.6 is 11.6 Å². The zero-order valence-corrected chi connectivity index (χ0v) is 11.2. The molecule has 0 spiro atoms. The summed E-state index contributed by atoms with van der Waals surface area (Å²) in [5.74, 6) is 0.0425. The first-order valence-corrected chi connectivity index (χ1v) is 6.03. The topological polar surface area (TPSA) is 96.9 Å². The van der Waals surface area contributed by atoms with Crippen LogP contribution in [0.3, 0.4) is 0 Å². The monoisotopic (exact) mass is 285 g/mol. The third kappa shape index (κ3) is 5.48. The standard InChI is InChI=1S/C12H16ClN3O3/c1-8(12(14)16-18)6-15-11(17)7-19-10-4-2-3-9(13)5-10/h2-5,8,18H,6-7H2,1H3,(H2,14,16)(H,15,17). The van der Waals surface area contributed by atoms with E-state index < -0.39 is 0 Å². The maximum Gasteiger partial charge on any atom is 0.257 e. The van der Waals surface area contributed by atoms with Crippen LogP contribution in [0.1, 0.15) is 6.92 Å². The van der Waals surface area contributed by atoms with Gasteiger partial charge in [0.2, 0.25) is 0 Å². The van der Waals surface area contributed by atoms with E-state index in [0.717, 1.165) is 0 Å². The highest BCUT2D eigenvalue weighted by atomic mass is 35.5. The molecule has 0 bridgehead atoms. The highest BCUT2D eigenvalue weighted by Gasteiger charge is 2.10. The Labute approximate surface area is 116 Å². The smallest absolute Gasteiger partial charge is 0.257 e. The number of nitrogens with zero attached hydrogens (tertiary/aromatic N) is 1. The van der Waals surface area contributed by atoms with Gasteiger partial charge in [0.15, 0.2) is 6.61 Å². The fourth-order valence-electron chi connectivity index (χ4n) is 1.23. The van der Waals surface area contributed by atoms with Crippen molar-refractivity contribution in [2.45, 2.75) is 6.92 Å². The SMILES string of the molecule is CC(CNC(=O)COc1cccc(Cl)c1)C(N)=NO. The van der Waals surface area contributed by atoms with Crippen LogP contribution in [0.25, 0.3) is 0 Å². The van der Waals surface area contributed by atoms with Gasteiger partial charge in [0.1, 0.15) is 11.6 Å². The van der Waals surface area contributed by atoms with E-state index in [1.54, 1.807) is 31.2 Å². The Morgan fingerprint density at radius 3 is 3.00 bits per heavy atom. The molecule has 19 heavy (non-hydrogen) atoms. The second-order valence-corrected chi connectivity index (χ2v) is 4.41. The third-order valence-corrected chi connectivity index (χ3v) is 2.63. The van der Waals surface area contributed by atoms with Gasteiger partial charge >= 0.3 is 0 Å². The molecule has 0 saturated heterocycles. The number of hydrogen-bond donors (Lipinski definition) is 3. The van der Waals surface area contributed by atoms with Gasteiger partial charge in [-0.2, -0.15) is 0 Å². The first-order valence-electron chi connectivity index (χ1n) is 5.65. The van der Waals surface area contributed by atoms with E-state index in [0.29, 0.717) is 10.8 Å². The third-order valence-electron chi connectivity index (χ3n) is 2.39. The quantitative estimate of drug-likeness (QED) is 0.317. The number of rotatable bonds is 6. The second-order valence-electron chi connectivity index (χ2n) is 3.98. The number of amides is 1. The van der Waals surface area contributed by atoms with Crippen molar-refractivity contribution < 1.29 is 14.7 Å². The summed E-state index contributed by atoms with van der Waals surface area (Å²) in [5.41, 5.74) is 5.39. The summed E-state index contributed by atoms with van der Waals surface area (Å²) in [6.45, 7) is 1.88. The van der Waals surface area contributed by atoms with Crippen LogP contribution in [-0.4, -0.2) is 30.1 Å². The Bertz CT molecular complexity index is 465. The summed E-state index contributed by atoms with van der Waals surface area (Å²) < 4.78 is 5.26. The zero-order chi connectivity index (χ0) is 14.3. The Morgan fingerprint density at radius 2 is 2.37 bits per heavy atom. The fraction of sp³-hybridized carbons (Fsp3) is 0.333. The minimum atomic E-state index is -0.294. The van der Waals surface area contributed by atoms with Crippen molar-refractivity contribution in [1.82, 2.24) is 5.32 Å². The van der Waals surface area contributed by atoms with Crippen LogP contribution in [-0.2, 0) is 4.79 Å². The van der Waals surface area contributed by atoms with Crippen LogP contribution in [0.4, 0.5) is 0 Å². The Morgan fingerprint density at radius 1 is 1.63 bits per heavy atom. The maximum atomic E-state index is 11.5. The van der Waals surface area contributed by atoms with E-state index in [1.165, 1.54) is 0 Å². The number of oxime groups is 1. The van der Waals surface area contributed by atoms with Gasteiger partial charge in [-0.3, -0.25) is 4.79 Å². The first kappa shape index (κ1) is 15.1. The number of benzene rings is 1. The van der Waals surface area contributed by atoms with Crippen LogP contribution in [0, 0.1) is 5.92 Å². The highest BCUT2D eigenvalue weighted by Crippen LogP contribution is 2.16. The average molecular weight is 286 g/mol. The van der Waals surface area contributed by atoms with Gasteiger partial charge in [-0.05, 0) is 18.2 Å². The average Bonchev–Trinajstić information content (AvgIpc) is 2.41. The molecule has 1 aromatic rings. The zero-order valence-electron chi connectivity index (χ0n) is 10.5. The lowest BCUT2D eigenvalue weighted by atomic mass is 10.1. The van der Waals surface area contributed by atoms with E-state index in [1.807, 2.05) is 0 Å². The minimum absolute atomic E-state index is 0.0658. The first-order chi connectivity index (χ1) is 9.02. The lowest BCUT2D eigenvalue weighted by Crippen LogP contribution is -2.36. The molecule has 6 nitrogen and oxygen atoms in total. The normalized spacial score (nSPS) is 12.8. The minimum Gasteiger partial charge on any atom is -0.484 e. The molecule has 0 aromatic heterocycles. The summed E-state index contributed by atoms with van der Waals surface area (Å²) in [6, 6.07) is 6.77. The number of ether oxygens (including phenoxy) is 1. The Balaban J connectivity index is 2.32. The predicted octanol–water partition coefficient (Wildman–Crippen LogP) is 1.22. The van der Waals surface area contributed by atoms with Gasteiger partial charge in [0.25, 0.3) is 5.91 Å². The largest absolute Gasteiger partial charge is 0.484 e. The summed E-state index contributed by atoms with van der Waals surface area (Å²) >= 11 is 5.78. The summed E-state index contributed by atoms with van der Waals surface area (Å²) in [4.78, 5) is 11.5. The molecule has 1 unspecified atom stereocenters. The molecule has 7 heteroatoms. The molecule has 0 fully saturated rings. The van der Waals surface area contributed by atoms with E-state index >= 15 is 0 Å². The Hall–Kier alpha value is -1.95. The molecule has 4 N–H and O–H groups in total. The molecule has 1 aromatic carbocycles. The van der Waals surface area contributed by atoms with Crippen LogP contribution in [0.2, 0.25) is 5.02 Å². The molecule has 1 rings (SSSR count). The number of hydrogen-bond acceptors (Lipinski definition) is 4. The van der Waals surface area contributed by atoms with Gasteiger partial charge < -0.3 is 21.0 Å². The molecule has 0 heterocycles. The van der Waals surface area contributed by atoms with Crippen molar-refractivity contribution in [1.29, 1.82) is 0 Å². The molecule has 0 aliphatic rings. The van der Waals surface area contributed by atoms with E-state index in [2.05, 4.69) is 10.5 Å². The number of carbonyl (C=O) groups excluding carboxylic acids is 1. The van der Waals surface area contributed by atoms with Gasteiger partial charge in [0.05, 0.1) is 0 Å². The van der Waals surface area contributed by atoms with Crippen molar-refractivity contribution >= 4 is 23.3 Å². The van der Waals surface area contributed by atoms with E-state index in [-0.39, 0.29) is 30.8 Å². The van der Waals surface area contributed by atoms with E-state index in [4.69, 9.17) is 27.3 Å². The maximum absolute atomic E-state index is 11.5.